The molecular formula is C23H14F6N2O4. The first kappa shape index (κ1) is 23.9. The van der Waals surface area contributed by atoms with Crippen molar-refractivity contribution < 1.29 is 45.8 Å². The molecule has 0 aliphatic heterocycles. The minimum atomic E-state index is -4.91. The Balaban J connectivity index is 2.14. The van der Waals surface area contributed by atoms with Crippen molar-refractivity contribution in [1.82, 2.24) is 4.57 Å². The van der Waals surface area contributed by atoms with Gasteiger partial charge < -0.3 is 20.1 Å². The first-order valence-electron chi connectivity index (χ1n) is 9.82. The van der Waals surface area contributed by atoms with Crippen molar-refractivity contribution >= 4 is 33.7 Å². The topological polar surface area (TPSA) is 94.6 Å². The number of aliphatic carboxylic acids is 1. The first-order chi connectivity index (χ1) is 16.4. The summed E-state index contributed by atoms with van der Waals surface area (Å²) >= 11 is 0. The van der Waals surface area contributed by atoms with Crippen molar-refractivity contribution in [3.8, 4) is 5.75 Å². The van der Waals surface area contributed by atoms with E-state index in [1.165, 1.54) is 18.2 Å². The van der Waals surface area contributed by atoms with Crippen LogP contribution in [0.25, 0.3) is 21.8 Å². The second kappa shape index (κ2) is 8.53. The number of carboxylic acid groups (broad SMARTS) is 1. The third-order valence-electron chi connectivity index (χ3n) is 5.32. The highest BCUT2D eigenvalue weighted by atomic mass is 19.4. The average molecular weight is 496 g/mol. The fourth-order valence-corrected chi connectivity index (χ4v) is 3.90. The molecule has 0 radical (unpaired) electrons. The van der Waals surface area contributed by atoms with Crippen LogP contribution in [-0.2, 0) is 17.5 Å². The Morgan fingerprint density at radius 2 is 1.63 bits per heavy atom. The highest BCUT2D eigenvalue weighted by molar-refractivity contribution is 6.20. The van der Waals surface area contributed by atoms with Gasteiger partial charge in [-0.25, -0.2) is 18.0 Å². The molecule has 1 heterocycles. The molecule has 0 spiro atoms. The van der Waals surface area contributed by atoms with E-state index in [4.69, 9.17) is 15.6 Å². The predicted octanol–water partition coefficient (Wildman–Crippen LogP) is 4.84. The van der Waals surface area contributed by atoms with E-state index in [1.807, 2.05) is 0 Å². The Morgan fingerprint density at radius 3 is 2.20 bits per heavy atom. The Labute approximate surface area is 192 Å². The van der Waals surface area contributed by atoms with Gasteiger partial charge in [0, 0.05) is 28.6 Å². The first-order valence-corrected chi connectivity index (χ1v) is 9.82. The third-order valence-corrected chi connectivity index (χ3v) is 5.32. The lowest BCUT2D eigenvalue weighted by Gasteiger charge is -2.14. The van der Waals surface area contributed by atoms with Gasteiger partial charge in [0.15, 0.2) is 6.61 Å². The minimum absolute atomic E-state index is 0.00737. The molecule has 0 saturated carbocycles. The number of alkyl halides is 3. The molecule has 4 rings (SSSR count). The second-order valence-corrected chi connectivity index (χ2v) is 7.55. The Kier molecular flexibility index (Phi) is 5.83. The number of nitrogens with zero attached hydrogens (tertiary/aromatic N) is 1. The number of primary amides is 1. The molecule has 12 heteroatoms. The zero-order chi connectivity index (χ0) is 25.7. The van der Waals surface area contributed by atoms with Crippen LogP contribution < -0.4 is 10.5 Å². The van der Waals surface area contributed by atoms with Gasteiger partial charge in [-0.05, 0) is 24.3 Å². The SMILES string of the molecule is NC(=O)c1cccc2c1c1c(OCC(=O)O)cc(C(F)(F)F)cc1n2Cc1c(F)cc(F)cc1F. The number of fused-ring (bicyclic) bond motifs is 3. The number of hydrogen-bond donors (Lipinski definition) is 2. The zero-order valence-corrected chi connectivity index (χ0v) is 17.4. The molecule has 1 aromatic heterocycles. The number of carboxylic acids is 1. The number of ether oxygens (including phenoxy) is 1. The van der Waals surface area contributed by atoms with Gasteiger partial charge >= 0.3 is 12.1 Å². The molecule has 182 valence electrons. The van der Waals surface area contributed by atoms with Crippen molar-refractivity contribution in [2.75, 3.05) is 6.61 Å². The van der Waals surface area contributed by atoms with Gasteiger partial charge in [-0.3, -0.25) is 4.79 Å². The number of benzene rings is 3. The number of amides is 1. The second-order valence-electron chi connectivity index (χ2n) is 7.55. The van der Waals surface area contributed by atoms with Crippen molar-refractivity contribution in [2.24, 2.45) is 5.73 Å². The maximum atomic E-state index is 14.4. The van der Waals surface area contributed by atoms with E-state index in [1.54, 1.807) is 0 Å². The van der Waals surface area contributed by atoms with E-state index in [2.05, 4.69) is 0 Å². The molecule has 0 aliphatic carbocycles. The number of rotatable bonds is 6. The molecular weight excluding hydrogens is 482 g/mol. The number of hydrogen-bond acceptors (Lipinski definition) is 3. The van der Waals surface area contributed by atoms with Gasteiger partial charge in [-0.1, -0.05) is 6.07 Å². The summed E-state index contributed by atoms with van der Waals surface area (Å²) in [6.45, 7) is -1.71. The Bertz CT molecular complexity index is 1490. The molecule has 6 nitrogen and oxygen atoms in total. The molecule has 35 heavy (non-hydrogen) atoms. The normalized spacial score (nSPS) is 11.8. The summed E-state index contributed by atoms with van der Waals surface area (Å²) in [7, 11) is 0. The maximum absolute atomic E-state index is 14.4. The van der Waals surface area contributed by atoms with Gasteiger partial charge in [0.25, 0.3) is 0 Å². The summed E-state index contributed by atoms with van der Waals surface area (Å²) in [4.78, 5) is 23.1. The lowest BCUT2D eigenvalue weighted by atomic mass is 10.0. The van der Waals surface area contributed by atoms with Crippen LogP contribution in [0.15, 0.2) is 42.5 Å². The molecule has 0 atom stereocenters. The molecule has 0 aliphatic rings. The van der Waals surface area contributed by atoms with E-state index in [0.29, 0.717) is 24.3 Å². The number of aromatic nitrogens is 1. The number of halogens is 6. The summed E-state index contributed by atoms with van der Waals surface area (Å²) < 4.78 is 89.5. The average Bonchev–Trinajstić information content (AvgIpc) is 3.07. The van der Waals surface area contributed by atoms with Gasteiger partial charge in [-0.2, -0.15) is 13.2 Å². The maximum Gasteiger partial charge on any atom is 0.416 e. The molecule has 0 fully saturated rings. The molecule has 0 saturated heterocycles. The van der Waals surface area contributed by atoms with Crippen molar-refractivity contribution in [2.45, 2.75) is 12.7 Å². The molecule has 1 amide bonds. The predicted molar refractivity (Wildman–Crippen MR) is 112 cm³/mol. The summed E-state index contributed by atoms with van der Waals surface area (Å²) in [6.07, 6.45) is -4.91. The Hall–Kier alpha value is -4.22. The quantitative estimate of drug-likeness (QED) is 0.374. The van der Waals surface area contributed by atoms with Crippen LogP contribution >= 0.6 is 0 Å². The van der Waals surface area contributed by atoms with Crippen LogP contribution in [0.4, 0.5) is 26.3 Å². The standard InChI is InChI=1S/C23H14F6N2O4/c24-11-6-14(25)13(15(26)7-11)8-31-16-3-1-2-12(22(30)34)20(16)21-17(31)4-10(23(27,28)29)5-18(21)35-9-19(32)33/h1-7H,8-9H2,(H2,30,34)(H,32,33). The molecule has 3 N–H and O–H groups in total. The van der Waals surface area contributed by atoms with Crippen LogP contribution in [0.3, 0.4) is 0 Å². The lowest BCUT2D eigenvalue weighted by Crippen LogP contribution is -2.12. The van der Waals surface area contributed by atoms with E-state index < -0.39 is 65.5 Å². The van der Waals surface area contributed by atoms with Crippen LogP contribution in [0, 0.1) is 17.5 Å². The van der Waals surface area contributed by atoms with E-state index >= 15 is 0 Å². The van der Waals surface area contributed by atoms with Gasteiger partial charge in [0.1, 0.15) is 23.2 Å². The monoisotopic (exact) mass is 496 g/mol. The third kappa shape index (κ3) is 4.34. The number of carbonyl (C=O) groups excluding carboxylic acids is 1. The molecule has 0 unspecified atom stereocenters. The Morgan fingerprint density at radius 1 is 0.971 bits per heavy atom. The van der Waals surface area contributed by atoms with Gasteiger partial charge in [0.05, 0.1) is 28.5 Å². The van der Waals surface area contributed by atoms with Gasteiger partial charge in [-0.15, -0.1) is 0 Å². The fraction of sp³-hybridized carbons (Fsp3) is 0.130. The highest BCUT2D eigenvalue weighted by Gasteiger charge is 2.33. The van der Waals surface area contributed by atoms with Crippen LogP contribution in [0.5, 0.6) is 5.75 Å². The van der Waals surface area contributed by atoms with Crippen molar-refractivity contribution in [1.29, 1.82) is 0 Å². The fourth-order valence-electron chi connectivity index (χ4n) is 3.90. The number of carbonyl (C=O) groups is 2. The van der Waals surface area contributed by atoms with Crippen molar-refractivity contribution in [3.63, 3.8) is 0 Å². The summed E-state index contributed by atoms with van der Waals surface area (Å²) in [5.74, 6) is -6.72. The summed E-state index contributed by atoms with van der Waals surface area (Å²) in [5, 5.41) is 8.85. The van der Waals surface area contributed by atoms with Crippen LogP contribution in [-0.4, -0.2) is 28.2 Å². The molecule has 3 aromatic carbocycles. The van der Waals surface area contributed by atoms with Crippen molar-refractivity contribution in [3.05, 3.63) is 76.6 Å². The minimum Gasteiger partial charge on any atom is -0.481 e. The zero-order valence-electron chi connectivity index (χ0n) is 17.4. The van der Waals surface area contributed by atoms with E-state index in [-0.39, 0.29) is 27.4 Å². The smallest absolute Gasteiger partial charge is 0.416 e. The summed E-state index contributed by atoms with van der Waals surface area (Å²) in [5.41, 5.74) is 3.19. The highest BCUT2D eigenvalue weighted by Crippen LogP contribution is 2.42. The number of nitrogens with two attached hydrogens (primary N) is 1. The largest absolute Gasteiger partial charge is 0.481 e. The summed E-state index contributed by atoms with van der Waals surface area (Å²) in [6, 6.07) is 6.09. The van der Waals surface area contributed by atoms with Crippen LogP contribution in [0.1, 0.15) is 21.5 Å². The van der Waals surface area contributed by atoms with Gasteiger partial charge in [0.2, 0.25) is 5.91 Å². The lowest BCUT2D eigenvalue weighted by molar-refractivity contribution is -0.139. The van der Waals surface area contributed by atoms with Crippen LogP contribution in [0.2, 0.25) is 0 Å². The van der Waals surface area contributed by atoms with E-state index in [0.717, 1.165) is 4.57 Å². The molecule has 0 bridgehead atoms. The molecule has 4 aromatic rings. The van der Waals surface area contributed by atoms with E-state index in [9.17, 15) is 35.9 Å².